The molecule has 3 aliphatic heterocycles. The second kappa shape index (κ2) is 11.8. The third-order valence-corrected chi connectivity index (χ3v) is 6.06. The van der Waals surface area contributed by atoms with Gasteiger partial charge in [0.15, 0.2) is 6.29 Å². The predicted octanol–water partition coefficient (Wildman–Crippen LogP) is 3.71. The summed E-state index contributed by atoms with van der Waals surface area (Å²) in [6, 6.07) is 5.10. The SMILES string of the molecule is COC1OC1Cc1ccc(OCCCC2CCNCC2)cc1F.OOC1(C(F)(F)F)COC1. The van der Waals surface area contributed by atoms with E-state index in [0.717, 1.165) is 25.4 Å². The summed E-state index contributed by atoms with van der Waals surface area (Å²) in [7, 11) is 1.60. The van der Waals surface area contributed by atoms with Gasteiger partial charge in [0.2, 0.25) is 5.60 Å². The summed E-state index contributed by atoms with van der Waals surface area (Å²) in [4.78, 5) is 3.29. The van der Waals surface area contributed by atoms with Gasteiger partial charge >= 0.3 is 6.18 Å². The van der Waals surface area contributed by atoms with Gasteiger partial charge in [-0.25, -0.2) is 9.28 Å². The normalized spacial score (nSPS) is 24.4. The Kier molecular flexibility index (Phi) is 9.31. The van der Waals surface area contributed by atoms with Gasteiger partial charge in [-0.1, -0.05) is 6.07 Å². The Morgan fingerprint density at radius 3 is 2.42 bits per heavy atom. The Hall–Kier alpha value is -1.50. The van der Waals surface area contributed by atoms with Crippen LogP contribution in [0.4, 0.5) is 17.6 Å². The number of alkyl halides is 3. The minimum atomic E-state index is -4.56. The molecule has 2 N–H and O–H groups in total. The van der Waals surface area contributed by atoms with Crippen LogP contribution in [0.1, 0.15) is 31.2 Å². The van der Waals surface area contributed by atoms with Gasteiger partial charge in [-0.15, -0.1) is 0 Å². The van der Waals surface area contributed by atoms with Crippen LogP contribution in [0.3, 0.4) is 0 Å². The Labute approximate surface area is 190 Å². The average Bonchev–Trinajstić information content (AvgIpc) is 3.51. The molecule has 7 nitrogen and oxygen atoms in total. The third kappa shape index (κ3) is 7.24. The zero-order valence-electron chi connectivity index (χ0n) is 18.5. The van der Waals surface area contributed by atoms with Crippen LogP contribution in [0, 0.1) is 11.7 Å². The number of hydrogen-bond donors (Lipinski definition) is 2. The number of nitrogens with one attached hydrogen (secondary N) is 1. The van der Waals surface area contributed by atoms with Gasteiger partial charge in [-0.2, -0.15) is 13.2 Å². The van der Waals surface area contributed by atoms with E-state index in [1.165, 1.54) is 25.3 Å². The zero-order valence-corrected chi connectivity index (χ0v) is 18.5. The molecule has 11 heteroatoms. The Balaban J connectivity index is 0.000000257. The van der Waals surface area contributed by atoms with E-state index in [2.05, 4.69) is 14.9 Å². The third-order valence-electron chi connectivity index (χ3n) is 6.06. The van der Waals surface area contributed by atoms with Crippen molar-refractivity contribution >= 4 is 0 Å². The molecule has 33 heavy (non-hydrogen) atoms. The fourth-order valence-electron chi connectivity index (χ4n) is 3.77. The molecule has 0 saturated carbocycles. The van der Waals surface area contributed by atoms with Crippen LogP contribution < -0.4 is 10.1 Å². The number of methoxy groups -OCH3 is 1. The van der Waals surface area contributed by atoms with Gasteiger partial charge in [-0.3, -0.25) is 5.26 Å². The summed E-state index contributed by atoms with van der Waals surface area (Å²) in [5, 5.41) is 11.2. The van der Waals surface area contributed by atoms with Crippen LogP contribution in [-0.2, 0) is 25.5 Å². The standard InChI is InChI=1S/C18H26FNO3.C4H5F3O3/c1-21-18-17(23-18)11-14-4-5-15(12-16(14)19)22-10-2-3-13-6-8-20-9-7-13;5-4(6,7)3(10-8)1-9-2-3/h4-5,12-13,17-18,20H,2-3,6-11H2,1H3;8H,1-2H2. The average molecular weight is 481 g/mol. The molecule has 0 aliphatic carbocycles. The lowest BCUT2D eigenvalue weighted by Gasteiger charge is -2.38. The maximum atomic E-state index is 14.1. The van der Waals surface area contributed by atoms with E-state index >= 15 is 0 Å². The van der Waals surface area contributed by atoms with E-state index < -0.39 is 25.0 Å². The smallest absolute Gasteiger partial charge is 0.425 e. The Morgan fingerprint density at radius 1 is 1.21 bits per heavy atom. The lowest BCUT2D eigenvalue weighted by molar-refractivity contribution is -0.449. The van der Waals surface area contributed by atoms with Crippen molar-refractivity contribution in [3.63, 3.8) is 0 Å². The van der Waals surface area contributed by atoms with Crippen molar-refractivity contribution in [3.05, 3.63) is 29.6 Å². The van der Waals surface area contributed by atoms with Crippen LogP contribution >= 0.6 is 0 Å². The molecule has 1 aromatic rings. The second-order valence-electron chi connectivity index (χ2n) is 8.50. The monoisotopic (exact) mass is 481 g/mol. The molecule has 3 heterocycles. The number of benzene rings is 1. The highest BCUT2D eigenvalue weighted by molar-refractivity contribution is 5.29. The Bertz CT molecular complexity index is 735. The Morgan fingerprint density at radius 2 is 1.94 bits per heavy atom. The van der Waals surface area contributed by atoms with Gasteiger partial charge in [0.1, 0.15) is 17.7 Å². The van der Waals surface area contributed by atoms with Gasteiger partial charge in [0.05, 0.1) is 19.8 Å². The van der Waals surface area contributed by atoms with Crippen LogP contribution in [0.25, 0.3) is 0 Å². The quantitative estimate of drug-likeness (QED) is 0.183. The summed E-state index contributed by atoms with van der Waals surface area (Å²) in [6.45, 7) is 1.65. The molecule has 3 fully saturated rings. The maximum absolute atomic E-state index is 14.1. The lowest BCUT2D eigenvalue weighted by Crippen LogP contribution is -2.61. The van der Waals surface area contributed by atoms with E-state index in [-0.39, 0.29) is 18.2 Å². The van der Waals surface area contributed by atoms with E-state index in [1.54, 1.807) is 13.2 Å². The lowest BCUT2D eigenvalue weighted by atomic mass is 9.93. The molecule has 2 unspecified atom stereocenters. The molecule has 0 radical (unpaired) electrons. The maximum Gasteiger partial charge on any atom is 0.425 e. The van der Waals surface area contributed by atoms with Gasteiger partial charge in [-0.05, 0) is 56.3 Å². The topological polar surface area (TPSA) is 81.7 Å². The molecule has 1 aromatic carbocycles. The molecular formula is C22H31F4NO6. The summed E-state index contributed by atoms with van der Waals surface area (Å²) in [6.07, 6.45) is 0.523. The molecule has 3 aliphatic rings. The number of halogens is 4. The highest BCUT2D eigenvalue weighted by Crippen LogP contribution is 2.38. The fraction of sp³-hybridized carbons (Fsp3) is 0.727. The highest BCUT2D eigenvalue weighted by Gasteiger charge is 2.62. The van der Waals surface area contributed by atoms with E-state index in [9.17, 15) is 17.6 Å². The molecule has 0 spiro atoms. The highest BCUT2D eigenvalue weighted by atomic mass is 19.4. The molecule has 2 atom stereocenters. The first-order valence-corrected chi connectivity index (χ1v) is 11.1. The van der Waals surface area contributed by atoms with E-state index in [0.29, 0.717) is 24.3 Å². The minimum Gasteiger partial charge on any atom is -0.493 e. The molecule has 188 valence electrons. The van der Waals surface area contributed by atoms with Crippen molar-refractivity contribution < 1.29 is 46.7 Å². The van der Waals surface area contributed by atoms with Crippen molar-refractivity contribution in [1.29, 1.82) is 0 Å². The minimum absolute atomic E-state index is 0.0220. The number of epoxide rings is 1. The first-order valence-electron chi connectivity index (χ1n) is 11.1. The molecule has 0 bridgehead atoms. The van der Waals surface area contributed by atoms with Crippen molar-refractivity contribution in [2.45, 2.75) is 56.3 Å². The van der Waals surface area contributed by atoms with E-state index in [1.807, 2.05) is 6.07 Å². The fourth-order valence-corrected chi connectivity index (χ4v) is 3.77. The second-order valence-corrected chi connectivity index (χ2v) is 8.50. The zero-order chi connectivity index (χ0) is 23.9. The largest absolute Gasteiger partial charge is 0.493 e. The molecule has 0 aromatic heterocycles. The summed E-state index contributed by atoms with van der Waals surface area (Å²) >= 11 is 0. The van der Waals surface area contributed by atoms with Crippen LogP contribution in [0.5, 0.6) is 5.75 Å². The predicted molar refractivity (Wildman–Crippen MR) is 109 cm³/mol. The van der Waals surface area contributed by atoms with Gasteiger partial charge in [0.25, 0.3) is 0 Å². The van der Waals surface area contributed by atoms with E-state index in [4.69, 9.17) is 19.5 Å². The van der Waals surface area contributed by atoms with Crippen molar-refractivity contribution in [3.8, 4) is 5.75 Å². The van der Waals surface area contributed by atoms with Gasteiger partial charge < -0.3 is 24.3 Å². The molecule has 0 amide bonds. The van der Waals surface area contributed by atoms with Crippen molar-refractivity contribution in [2.75, 3.05) is 40.0 Å². The molecule has 4 rings (SSSR count). The first kappa shape index (κ1) is 26.1. The summed E-state index contributed by atoms with van der Waals surface area (Å²) in [5.74, 6) is 1.19. The molecule has 3 saturated heterocycles. The van der Waals surface area contributed by atoms with Crippen molar-refractivity contribution in [1.82, 2.24) is 5.32 Å². The number of rotatable bonds is 9. The number of ether oxygens (including phenoxy) is 4. The van der Waals surface area contributed by atoms with Crippen molar-refractivity contribution in [2.24, 2.45) is 5.92 Å². The summed E-state index contributed by atoms with van der Waals surface area (Å²) < 4.78 is 69.7. The van der Waals surface area contributed by atoms with Crippen LogP contribution in [-0.4, -0.2) is 69.4 Å². The first-order chi connectivity index (χ1) is 15.8. The number of hydrogen-bond acceptors (Lipinski definition) is 7. The van der Waals surface area contributed by atoms with Crippen LogP contribution in [0.15, 0.2) is 18.2 Å². The van der Waals surface area contributed by atoms with Crippen LogP contribution in [0.2, 0.25) is 0 Å². The van der Waals surface area contributed by atoms with Gasteiger partial charge in [0, 0.05) is 19.6 Å². The summed E-state index contributed by atoms with van der Waals surface area (Å²) in [5.41, 5.74) is -1.82. The number of piperidine rings is 1. The molecular weight excluding hydrogens is 450 g/mol.